The molecule has 0 unspecified atom stereocenters. The first-order chi connectivity index (χ1) is 16.8. The maximum Gasteiger partial charge on any atom is 0.243 e. The molecule has 2 heterocycles. The smallest absolute Gasteiger partial charge is 0.243 e. The molecule has 2 aliphatic heterocycles. The van der Waals surface area contributed by atoms with Crippen molar-refractivity contribution in [1.29, 1.82) is 0 Å². The van der Waals surface area contributed by atoms with Crippen molar-refractivity contribution in [3.63, 3.8) is 0 Å². The third-order valence-electron chi connectivity index (χ3n) is 6.27. The maximum atomic E-state index is 13.1. The summed E-state index contributed by atoms with van der Waals surface area (Å²) in [4.78, 5) is 13.1. The van der Waals surface area contributed by atoms with Crippen molar-refractivity contribution in [2.45, 2.75) is 35.5 Å². The number of ketones is 1. The molecule has 0 amide bonds. The van der Waals surface area contributed by atoms with Crippen LogP contribution < -0.4 is 5.32 Å². The predicted molar refractivity (Wildman–Crippen MR) is 133 cm³/mol. The summed E-state index contributed by atoms with van der Waals surface area (Å²) in [5.41, 5.74) is 0.896. The van der Waals surface area contributed by atoms with E-state index in [9.17, 15) is 21.6 Å². The molecule has 2 aromatic carbocycles. The highest BCUT2D eigenvalue weighted by Crippen LogP contribution is 2.22. The van der Waals surface area contributed by atoms with Crippen LogP contribution in [0, 0.1) is 0 Å². The molecule has 9 nitrogen and oxygen atoms in total. The van der Waals surface area contributed by atoms with Crippen LogP contribution in [-0.2, 0) is 24.8 Å². The van der Waals surface area contributed by atoms with Gasteiger partial charge < -0.3 is 10.1 Å². The Labute approximate surface area is 207 Å². The van der Waals surface area contributed by atoms with E-state index < -0.39 is 20.0 Å². The van der Waals surface area contributed by atoms with E-state index in [1.165, 1.54) is 32.9 Å². The van der Waals surface area contributed by atoms with Crippen LogP contribution in [0.15, 0.2) is 58.3 Å². The van der Waals surface area contributed by atoms with Crippen molar-refractivity contribution in [1.82, 2.24) is 8.61 Å². The molecule has 35 heavy (non-hydrogen) atoms. The SMILES string of the molecule is O=C(CNc1ccc(S(=O)(=O)N2CCOCC2)cc1)c1cccc(S(=O)(=O)N2CCCCCC2)c1. The topological polar surface area (TPSA) is 113 Å². The molecule has 0 aromatic heterocycles. The summed E-state index contributed by atoms with van der Waals surface area (Å²) < 4.78 is 59.7. The number of morpholine rings is 1. The molecule has 0 spiro atoms. The Morgan fingerprint density at radius 1 is 0.771 bits per heavy atom. The Kier molecular flexibility index (Phi) is 8.23. The lowest BCUT2D eigenvalue weighted by Gasteiger charge is -2.26. The van der Waals surface area contributed by atoms with Gasteiger partial charge in [-0.15, -0.1) is 0 Å². The molecule has 0 radical (unpaired) electrons. The number of benzene rings is 2. The summed E-state index contributed by atoms with van der Waals surface area (Å²) in [7, 11) is -7.23. The Morgan fingerprint density at radius 2 is 1.37 bits per heavy atom. The predicted octanol–water partition coefficient (Wildman–Crippen LogP) is 2.57. The largest absolute Gasteiger partial charge is 0.379 e. The fourth-order valence-electron chi connectivity index (χ4n) is 4.23. The highest BCUT2D eigenvalue weighted by molar-refractivity contribution is 7.89. The molecular weight excluding hydrogens is 490 g/mol. The Bertz CT molecular complexity index is 1230. The number of hydrogen-bond donors (Lipinski definition) is 1. The quantitative estimate of drug-likeness (QED) is 0.531. The highest BCUT2D eigenvalue weighted by atomic mass is 32.2. The monoisotopic (exact) mass is 521 g/mol. The van der Waals surface area contributed by atoms with Crippen LogP contribution in [0.1, 0.15) is 36.0 Å². The van der Waals surface area contributed by atoms with Gasteiger partial charge >= 0.3 is 0 Å². The lowest BCUT2D eigenvalue weighted by atomic mass is 10.1. The van der Waals surface area contributed by atoms with E-state index in [0.29, 0.717) is 50.6 Å². The van der Waals surface area contributed by atoms with Crippen LogP contribution in [0.3, 0.4) is 0 Å². The first-order valence-corrected chi connectivity index (χ1v) is 14.7. The minimum atomic E-state index is -3.64. The van der Waals surface area contributed by atoms with E-state index in [4.69, 9.17) is 4.74 Å². The third kappa shape index (κ3) is 6.10. The number of nitrogens with zero attached hydrogens (tertiary/aromatic N) is 2. The molecule has 0 atom stereocenters. The molecule has 0 bridgehead atoms. The summed E-state index contributed by atoms with van der Waals surface area (Å²) >= 11 is 0. The van der Waals surface area contributed by atoms with Gasteiger partial charge in [0.25, 0.3) is 0 Å². The molecular formula is C24H31N3O6S2. The van der Waals surface area contributed by atoms with E-state index in [1.54, 1.807) is 24.3 Å². The van der Waals surface area contributed by atoms with Gasteiger partial charge in [0.2, 0.25) is 20.0 Å². The van der Waals surface area contributed by atoms with Crippen molar-refractivity contribution in [2.75, 3.05) is 51.3 Å². The van der Waals surface area contributed by atoms with E-state index in [1.807, 2.05) is 0 Å². The second-order valence-corrected chi connectivity index (χ2v) is 12.5. The molecule has 2 saturated heterocycles. The normalized spacial score (nSPS) is 18.6. The zero-order valence-corrected chi connectivity index (χ0v) is 21.2. The third-order valence-corrected chi connectivity index (χ3v) is 10.1. The van der Waals surface area contributed by atoms with Gasteiger partial charge in [0.1, 0.15) is 0 Å². The van der Waals surface area contributed by atoms with Crippen molar-refractivity contribution in [3.05, 3.63) is 54.1 Å². The van der Waals surface area contributed by atoms with Crippen molar-refractivity contribution in [3.8, 4) is 0 Å². The Hall–Kier alpha value is -2.31. The molecule has 2 aliphatic rings. The number of hydrogen-bond acceptors (Lipinski definition) is 7. The van der Waals surface area contributed by atoms with Gasteiger partial charge in [-0.2, -0.15) is 8.61 Å². The summed E-state index contributed by atoms with van der Waals surface area (Å²) in [6.45, 7) is 2.34. The molecule has 2 aromatic rings. The van der Waals surface area contributed by atoms with Crippen molar-refractivity contribution >= 4 is 31.5 Å². The number of anilines is 1. The van der Waals surface area contributed by atoms with Gasteiger partial charge in [0.15, 0.2) is 5.78 Å². The fourth-order valence-corrected chi connectivity index (χ4v) is 7.20. The zero-order chi connectivity index (χ0) is 24.9. The summed E-state index contributed by atoms with van der Waals surface area (Å²) in [6, 6.07) is 12.4. The Balaban J connectivity index is 1.40. The van der Waals surface area contributed by atoms with Crippen LogP contribution in [0.25, 0.3) is 0 Å². The first kappa shape index (κ1) is 25.8. The zero-order valence-electron chi connectivity index (χ0n) is 19.6. The number of rotatable bonds is 8. The van der Waals surface area contributed by atoms with Gasteiger partial charge in [0.05, 0.1) is 29.5 Å². The molecule has 2 fully saturated rings. The lowest BCUT2D eigenvalue weighted by molar-refractivity contribution is 0.0730. The van der Waals surface area contributed by atoms with Crippen LogP contribution in [0.4, 0.5) is 5.69 Å². The van der Waals surface area contributed by atoms with Crippen LogP contribution in [0.5, 0.6) is 0 Å². The van der Waals surface area contributed by atoms with Crippen molar-refractivity contribution < 1.29 is 26.4 Å². The second kappa shape index (κ2) is 11.2. The lowest BCUT2D eigenvalue weighted by Crippen LogP contribution is -2.40. The average Bonchev–Trinajstić information content (AvgIpc) is 3.18. The number of Topliss-reactive ketones (excluding diaryl/α,β-unsaturated/α-hetero) is 1. The number of carbonyl (C=O) groups is 1. The van der Waals surface area contributed by atoms with Crippen molar-refractivity contribution in [2.24, 2.45) is 0 Å². The molecule has 11 heteroatoms. The molecule has 190 valence electrons. The van der Waals surface area contributed by atoms with Gasteiger partial charge in [-0.1, -0.05) is 25.0 Å². The van der Waals surface area contributed by atoms with Gasteiger partial charge in [-0.25, -0.2) is 16.8 Å². The number of nitrogens with one attached hydrogen (secondary N) is 1. The standard InChI is InChI=1S/C24H31N3O6S2/c28-24(20-6-5-7-23(18-20)35(31,32)26-12-3-1-2-4-13-26)19-25-21-8-10-22(11-9-21)34(29,30)27-14-16-33-17-15-27/h5-11,18,25H,1-4,12-17,19H2. The minimum Gasteiger partial charge on any atom is -0.379 e. The number of ether oxygens (including phenoxy) is 1. The van der Waals surface area contributed by atoms with E-state index >= 15 is 0 Å². The number of carbonyl (C=O) groups excluding carboxylic acids is 1. The average molecular weight is 522 g/mol. The molecule has 0 saturated carbocycles. The minimum absolute atomic E-state index is 0.0528. The van der Waals surface area contributed by atoms with Gasteiger partial charge in [-0.05, 0) is 49.2 Å². The van der Waals surface area contributed by atoms with E-state index in [-0.39, 0.29) is 22.1 Å². The van der Waals surface area contributed by atoms with Gasteiger partial charge in [-0.3, -0.25) is 4.79 Å². The fraction of sp³-hybridized carbons (Fsp3) is 0.458. The highest BCUT2D eigenvalue weighted by Gasteiger charge is 2.27. The number of sulfonamides is 2. The maximum absolute atomic E-state index is 13.1. The Morgan fingerprint density at radius 3 is 2.03 bits per heavy atom. The van der Waals surface area contributed by atoms with Crippen LogP contribution in [0.2, 0.25) is 0 Å². The van der Waals surface area contributed by atoms with Gasteiger partial charge in [0, 0.05) is 37.4 Å². The molecule has 4 rings (SSSR count). The molecule has 1 N–H and O–H groups in total. The summed E-state index contributed by atoms with van der Waals surface area (Å²) in [5.74, 6) is -0.261. The van der Waals surface area contributed by atoms with Crippen LogP contribution in [-0.4, -0.2) is 77.2 Å². The summed E-state index contributed by atoms with van der Waals surface area (Å²) in [6.07, 6.45) is 3.73. The first-order valence-electron chi connectivity index (χ1n) is 11.8. The van der Waals surface area contributed by atoms with E-state index in [2.05, 4.69) is 5.32 Å². The molecule has 0 aliphatic carbocycles. The summed E-state index contributed by atoms with van der Waals surface area (Å²) in [5, 5.41) is 2.99. The van der Waals surface area contributed by atoms with E-state index in [0.717, 1.165) is 25.7 Å². The van der Waals surface area contributed by atoms with Crippen LogP contribution >= 0.6 is 0 Å². The second-order valence-electron chi connectivity index (χ2n) is 8.66.